The molecule has 5 rings (SSSR count). The number of pyridine rings is 2. The summed E-state index contributed by atoms with van der Waals surface area (Å²) in [5.74, 6) is 1.25. The third-order valence-electron chi connectivity index (χ3n) is 5.51. The first kappa shape index (κ1) is 17.6. The monoisotopic (exact) mass is 386 g/mol. The molecule has 7 nitrogen and oxygen atoms in total. The van der Waals surface area contributed by atoms with E-state index >= 15 is 0 Å². The van der Waals surface area contributed by atoms with Gasteiger partial charge in [0.2, 0.25) is 0 Å². The van der Waals surface area contributed by atoms with E-state index in [9.17, 15) is 4.79 Å². The molecular weight excluding hydrogens is 364 g/mol. The highest BCUT2D eigenvalue weighted by molar-refractivity contribution is 5.93. The summed E-state index contributed by atoms with van der Waals surface area (Å²) in [4.78, 5) is 28.2. The Bertz CT molecular complexity index is 1100. The van der Waals surface area contributed by atoms with Gasteiger partial charge in [-0.2, -0.15) is 0 Å². The second kappa shape index (κ2) is 7.50. The quantitative estimate of drug-likeness (QED) is 0.541. The third-order valence-corrected chi connectivity index (χ3v) is 5.51. The molecule has 4 aromatic heterocycles. The van der Waals surface area contributed by atoms with Gasteiger partial charge >= 0.3 is 0 Å². The summed E-state index contributed by atoms with van der Waals surface area (Å²) < 4.78 is 4.06. The van der Waals surface area contributed by atoms with Crippen molar-refractivity contribution in [2.75, 3.05) is 13.1 Å². The number of carbonyl (C=O) groups is 1. The maximum absolute atomic E-state index is 13.1. The molecule has 0 aliphatic carbocycles. The van der Waals surface area contributed by atoms with Crippen molar-refractivity contribution >= 4 is 11.6 Å². The Morgan fingerprint density at radius 2 is 2.00 bits per heavy atom. The summed E-state index contributed by atoms with van der Waals surface area (Å²) in [6.45, 7) is 2.18. The second-order valence-electron chi connectivity index (χ2n) is 7.45. The predicted octanol–water partition coefficient (Wildman–Crippen LogP) is 2.99. The van der Waals surface area contributed by atoms with Crippen LogP contribution in [-0.2, 0) is 6.54 Å². The number of nitrogens with zero attached hydrogens (tertiary/aromatic N) is 6. The number of hydrogen-bond donors (Lipinski definition) is 0. The van der Waals surface area contributed by atoms with Gasteiger partial charge < -0.3 is 13.9 Å². The standard InChI is InChI=1S/C22H22N6O/c29-22(19-16-26-11-2-1-5-20(26)25-19)28-12-3-4-18(15-28)21-24-10-13-27(21)14-17-6-8-23-9-7-17/h1-2,5-11,13,16,18H,3-4,12,14-15H2. The Labute approximate surface area is 168 Å². The summed E-state index contributed by atoms with van der Waals surface area (Å²) in [7, 11) is 0. The van der Waals surface area contributed by atoms with Crippen molar-refractivity contribution in [2.45, 2.75) is 25.3 Å². The van der Waals surface area contributed by atoms with E-state index in [1.54, 1.807) is 0 Å². The van der Waals surface area contributed by atoms with Gasteiger partial charge in [0.15, 0.2) is 0 Å². The van der Waals surface area contributed by atoms with Gasteiger partial charge in [-0.3, -0.25) is 9.78 Å². The van der Waals surface area contributed by atoms with E-state index in [2.05, 4.69) is 19.5 Å². The van der Waals surface area contributed by atoms with Gasteiger partial charge in [-0.1, -0.05) is 6.07 Å². The number of aromatic nitrogens is 5. The minimum atomic E-state index is -0.00867. The number of piperidine rings is 1. The van der Waals surface area contributed by atoms with Gasteiger partial charge in [-0.05, 0) is 42.7 Å². The van der Waals surface area contributed by atoms with Gasteiger partial charge in [0.05, 0.1) is 0 Å². The first-order valence-electron chi connectivity index (χ1n) is 9.91. The SMILES string of the molecule is O=C(c1cn2ccccc2n1)N1CCCC(c2nccn2Cc2ccncc2)C1. The third kappa shape index (κ3) is 3.51. The van der Waals surface area contributed by atoms with Crippen molar-refractivity contribution in [3.63, 3.8) is 0 Å². The molecule has 1 unspecified atom stereocenters. The molecule has 1 amide bonds. The molecule has 4 aromatic rings. The molecule has 1 aliphatic heterocycles. The van der Waals surface area contributed by atoms with Gasteiger partial charge in [0.25, 0.3) is 5.91 Å². The highest BCUT2D eigenvalue weighted by Crippen LogP contribution is 2.27. The number of hydrogen-bond acceptors (Lipinski definition) is 4. The normalized spacial score (nSPS) is 17.0. The highest BCUT2D eigenvalue weighted by atomic mass is 16.2. The Hall–Kier alpha value is -3.48. The maximum Gasteiger partial charge on any atom is 0.274 e. The van der Waals surface area contributed by atoms with Crippen LogP contribution in [0.5, 0.6) is 0 Å². The molecule has 7 heteroatoms. The van der Waals surface area contributed by atoms with Gasteiger partial charge in [0, 0.05) is 62.7 Å². The molecule has 1 fully saturated rings. The first-order valence-corrected chi connectivity index (χ1v) is 9.91. The van der Waals surface area contributed by atoms with Crippen molar-refractivity contribution in [3.8, 4) is 0 Å². The summed E-state index contributed by atoms with van der Waals surface area (Å²) in [5.41, 5.74) is 2.47. The fourth-order valence-electron chi connectivity index (χ4n) is 4.07. The summed E-state index contributed by atoms with van der Waals surface area (Å²) in [5, 5.41) is 0. The first-order chi connectivity index (χ1) is 14.3. The number of amides is 1. The number of imidazole rings is 2. The van der Waals surface area contributed by atoms with Crippen LogP contribution in [0.3, 0.4) is 0 Å². The number of fused-ring (bicyclic) bond motifs is 1. The molecule has 1 aliphatic rings. The van der Waals surface area contributed by atoms with Gasteiger partial charge in [-0.25, -0.2) is 9.97 Å². The molecule has 5 heterocycles. The largest absolute Gasteiger partial charge is 0.337 e. The van der Waals surface area contributed by atoms with Crippen molar-refractivity contribution in [1.82, 2.24) is 28.8 Å². The topological polar surface area (TPSA) is 68.3 Å². The highest BCUT2D eigenvalue weighted by Gasteiger charge is 2.29. The Morgan fingerprint density at radius 1 is 1.10 bits per heavy atom. The van der Waals surface area contributed by atoms with Crippen LogP contribution in [0.2, 0.25) is 0 Å². The molecule has 0 radical (unpaired) electrons. The number of rotatable bonds is 4. The Balaban J connectivity index is 1.34. The van der Waals surface area contributed by atoms with Crippen LogP contribution in [0.4, 0.5) is 0 Å². The van der Waals surface area contributed by atoms with Crippen molar-refractivity contribution < 1.29 is 4.79 Å². The van der Waals surface area contributed by atoms with Crippen LogP contribution in [0.25, 0.3) is 5.65 Å². The van der Waals surface area contributed by atoms with E-state index in [0.717, 1.165) is 37.4 Å². The fourth-order valence-corrected chi connectivity index (χ4v) is 4.07. The molecule has 0 N–H and O–H groups in total. The molecule has 0 spiro atoms. The number of carbonyl (C=O) groups excluding carboxylic acids is 1. The average molecular weight is 386 g/mol. The van der Waals surface area contributed by atoms with Crippen LogP contribution in [0.15, 0.2) is 67.5 Å². The zero-order valence-electron chi connectivity index (χ0n) is 16.1. The maximum atomic E-state index is 13.1. The molecule has 0 saturated carbocycles. The van der Waals surface area contributed by atoms with Gasteiger partial charge in [-0.15, -0.1) is 0 Å². The summed E-state index contributed by atoms with van der Waals surface area (Å²) in [6.07, 6.45) is 13.2. The molecule has 0 bridgehead atoms. The summed E-state index contributed by atoms with van der Waals surface area (Å²) in [6, 6.07) is 9.80. The average Bonchev–Trinajstić information content (AvgIpc) is 3.41. The zero-order chi connectivity index (χ0) is 19.6. The van der Waals surface area contributed by atoms with Crippen molar-refractivity contribution in [1.29, 1.82) is 0 Å². The lowest BCUT2D eigenvalue weighted by atomic mass is 9.96. The Morgan fingerprint density at radius 3 is 2.86 bits per heavy atom. The second-order valence-corrected chi connectivity index (χ2v) is 7.45. The van der Waals surface area contributed by atoms with E-state index < -0.39 is 0 Å². The fraction of sp³-hybridized carbons (Fsp3) is 0.273. The van der Waals surface area contributed by atoms with Crippen molar-refractivity contribution in [3.05, 3.63) is 84.6 Å². The van der Waals surface area contributed by atoms with E-state index in [-0.39, 0.29) is 11.8 Å². The molecule has 29 heavy (non-hydrogen) atoms. The van der Waals surface area contributed by atoms with Crippen LogP contribution in [0.1, 0.15) is 40.6 Å². The lowest BCUT2D eigenvalue weighted by molar-refractivity contribution is 0.0698. The van der Waals surface area contributed by atoms with Gasteiger partial charge in [0.1, 0.15) is 17.2 Å². The van der Waals surface area contributed by atoms with E-state index in [4.69, 9.17) is 0 Å². The van der Waals surface area contributed by atoms with Crippen LogP contribution in [-0.4, -0.2) is 47.8 Å². The number of likely N-dealkylation sites (tertiary alicyclic amines) is 1. The molecule has 1 atom stereocenters. The predicted molar refractivity (Wildman–Crippen MR) is 109 cm³/mol. The van der Waals surface area contributed by atoms with E-state index in [0.29, 0.717) is 12.2 Å². The smallest absolute Gasteiger partial charge is 0.274 e. The Kier molecular flexibility index (Phi) is 4.56. The molecule has 146 valence electrons. The van der Waals surface area contributed by atoms with Crippen molar-refractivity contribution in [2.24, 2.45) is 0 Å². The lowest BCUT2D eigenvalue weighted by Crippen LogP contribution is -2.40. The van der Waals surface area contributed by atoms with Crippen LogP contribution < -0.4 is 0 Å². The van der Waals surface area contributed by atoms with E-state index in [1.165, 1.54) is 5.56 Å². The van der Waals surface area contributed by atoms with Crippen LogP contribution >= 0.6 is 0 Å². The lowest BCUT2D eigenvalue weighted by Gasteiger charge is -2.32. The van der Waals surface area contributed by atoms with Crippen LogP contribution in [0, 0.1) is 0 Å². The zero-order valence-corrected chi connectivity index (χ0v) is 16.1. The minimum absolute atomic E-state index is 0.00867. The molecule has 1 saturated heterocycles. The molecular formula is C22H22N6O. The summed E-state index contributed by atoms with van der Waals surface area (Å²) >= 11 is 0. The van der Waals surface area contributed by atoms with E-state index in [1.807, 2.05) is 76.8 Å². The molecule has 0 aromatic carbocycles. The minimum Gasteiger partial charge on any atom is -0.337 e.